The van der Waals surface area contributed by atoms with Crippen LogP contribution in [0.2, 0.25) is 0 Å². The van der Waals surface area contributed by atoms with Crippen molar-refractivity contribution >= 4 is 11.6 Å². The standard InChI is InChI=1S/C20H26N2O2/c1-5-8-15(17-9-6-7-10-21-17)20(24)22-18-12-16(13(2)3)19(23)11-14(18)4/h6-7,9-13,15,23H,5,8H2,1-4H3,(H,22,24)/t15-/m0/s1. The van der Waals surface area contributed by atoms with Gasteiger partial charge in [-0.1, -0.05) is 33.3 Å². The molecule has 1 aromatic carbocycles. The number of nitrogens with one attached hydrogen (secondary N) is 1. The predicted octanol–water partition coefficient (Wildman–Crippen LogP) is 4.74. The lowest BCUT2D eigenvalue weighted by Crippen LogP contribution is -2.22. The maximum absolute atomic E-state index is 12.8. The Morgan fingerprint density at radius 3 is 2.62 bits per heavy atom. The van der Waals surface area contributed by atoms with Crippen LogP contribution < -0.4 is 5.32 Å². The van der Waals surface area contributed by atoms with E-state index in [9.17, 15) is 9.90 Å². The molecule has 1 atom stereocenters. The Bertz CT molecular complexity index is 696. The van der Waals surface area contributed by atoms with Crippen molar-refractivity contribution in [1.82, 2.24) is 4.98 Å². The Kier molecular flexibility index (Phi) is 5.96. The van der Waals surface area contributed by atoms with Crippen LogP contribution in [0, 0.1) is 6.92 Å². The average Bonchev–Trinajstić information content (AvgIpc) is 2.55. The van der Waals surface area contributed by atoms with E-state index in [-0.39, 0.29) is 23.5 Å². The highest BCUT2D eigenvalue weighted by Crippen LogP contribution is 2.32. The number of benzene rings is 1. The summed E-state index contributed by atoms with van der Waals surface area (Å²) in [5.41, 5.74) is 3.22. The van der Waals surface area contributed by atoms with Crippen molar-refractivity contribution < 1.29 is 9.90 Å². The van der Waals surface area contributed by atoms with Crippen LogP contribution in [0.25, 0.3) is 0 Å². The summed E-state index contributed by atoms with van der Waals surface area (Å²) in [6, 6.07) is 9.22. The van der Waals surface area contributed by atoms with Gasteiger partial charge in [-0.05, 0) is 54.7 Å². The number of aryl methyl sites for hydroxylation is 1. The van der Waals surface area contributed by atoms with E-state index in [1.54, 1.807) is 12.3 Å². The highest BCUT2D eigenvalue weighted by atomic mass is 16.3. The molecule has 2 aromatic rings. The van der Waals surface area contributed by atoms with Gasteiger partial charge in [-0.25, -0.2) is 0 Å². The van der Waals surface area contributed by atoms with E-state index in [0.717, 1.165) is 35.3 Å². The monoisotopic (exact) mass is 326 g/mol. The van der Waals surface area contributed by atoms with Crippen LogP contribution in [-0.4, -0.2) is 16.0 Å². The average molecular weight is 326 g/mol. The van der Waals surface area contributed by atoms with E-state index in [1.165, 1.54) is 0 Å². The van der Waals surface area contributed by atoms with Crippen molar-refractivity contribution in [3.8, 4) is 5.75 Å². The molecule has 0 radical (unpaired) electrons. The van der Waals surface area contributed by atoms with E-state index in [4.69, 9.17) is 0 Å². The second-order valence-corrected chi connectivity index (χ2v) is 6.47. The molecule has 24 heavy (non-hydrogen) atoms. The molecule has 0 saturated heterocycles. The first-order chi connectivity index (χ1) is 11.4. The summed E-state index contributed by atoms with van der Waals surface area (Å²) in [5.74, 6) is 0.129. The summed E-state index contributed by atoms with van der Waals surface area (Å²) in [6.45, 7) is 7.98. The number of hydrogen-bond acceptors (Lipinski definition) is 3. The van der Waals surface area contributed by atoms with Crippen LogP contribution in [0.3, 0.4) is 0 Å². The lowest BCUT2D eigenvalue weighted by molar-refractivity contribution is -0.117. The number of aromatic nitrogens is 1. The molecule has 128 valence electrons. The fourth-order valence-corrected chi connectivity index (χ4v) is 2.81. The molecule has 0 aliphatic heterocycles. The van der Waals surface area contributed by atoms with Crippen molar-refractivity contribution in [1.29, 1.82) is 0 Å². The summed E-state index contributed by atoms with van der Waals surface area (Å²) in [6.07, 6.45) is 3.37. The molecule has 1 heterocycles. The normalized spacial score (nSPS) is 12.2. The number of pyridine rings is 1. The molecular weight excluding hydrogens is 300 g/mol. The van der Waals surface area contributed by atoms with E-state index >= 15 is 0 Å². The van der Waals surface area contributed by atoms with Crippen LogP contribution in [0.5, 0.6) is 5.75 Å². The number of hydrogen-bond donors (Lipinski definition) is 2. The number of anilines is 1. The molecule has 0 fully saturated rings. The number of phenolic OH excluding ortho intramolecular Hbond substituents is 1. The zero-order valence-corrected chi connectivity index (χ0v) is 14.8. The van der Waals surface area contributed by atoms with Crippen molar-refractivity contribution in [2.45, 2.75) is 52.4 Å². The third-order valence-electron chi connectivity index (χ3n) is 4.19. The van der Waals surface area contributed by atoms with E-state index < -0.39 is 0 Å². The molecular formula is C20H26N2O2. The van der Waals surface area contributed by atoms with Gasteiger partial charge in [0, 0.05) is 11.9 Å². The SMILES string of the molecule is CCC[C@H](C(=O)Nc1cc(C(C)C)c(O)cc1C)c1ccccn1. The van der Waals surface area contributed by atoms with E-state index in [2.05, 4.69) is 17.2 Å². The van der Waals surface area contributed by atoms with Gasteiger partial charge in [-0.3, -0.25) is 9.78 Å². The van der Waals surface area contributed by atoms with Crippen molar-refractivity contribution in [2.24, 2.45) is 0 Å². The van der Waals surface area contributed by atoms with Crippen LogP contribution in [0.1, 0.15) is 62.3 Å². The summed E-state index contributed by atoms with van der Waals surface area (Å²) in [5, 5.41) is 13.1. The molecule has 0 spiro atoms. The smallest absolute Gasteiger partial charge is 0.233 e. The lowest BCUT2D eigenvalue weighted by Gasteiger charge is -2.18. The Morgan fingerprint density at radius 2 is 2.04 bits per heavy atom. The Hall–Kier alpha value is -2.36. The van der Waals surface area contributed by atoms with Crippen LogP contribution in [0.15, 0.2) is 36.5 Å². The molecule has 0 aliphatic carbocycles. The van der Waals surface area contributed by atoms with Crippen LogP contribution in [-0.2, 0) is 4.79 Å². The van der Waals surface area contributed by atoms with Crippen molar-refractivity contribution in [2.75, 3.05) is 5.32 Å². The van der Waals surface area contributed by atoms with Crippen molar-refractivity contribution in [3.63, 3.8) is 0 Å². The first-order valence-electron chi connectivity index (χ1n) is 8.49. The maximum atomic E-state index is 12.8. The molecule has 1 amide bonds. The van der Waals surface area contributed by atoms with Gasteiger partial charge in [0.15, 0.2) is 0 Å². The van der Waals surface area contributed by atoms with Crippen LogP contribution >= 0.6 is 0 Å². The third-order valence-corrected chi connectivity index (χ3v) is 4.19. The van der Waals surface area contributed by atoms with Gasteiger partial charge in [-0.15, -0.1) is 0 Å². The topological polar surface area (TPSA) is 62.2 Å². The summed E-state index contributed by atoms with van der Waals surface area (Å²) in [7, 11) is 0. The Morgan fingerprint density at radius 1 is 1.29 bits per heavy atom. The second kappa shape index (κ2) is 7.95. The summed E-state index contributed by atoms with van der Waals surface area (Å²) >= 11 is 0. The van der Waals surface area contributed by atoms with Gasteiger partial charge in [0.1, 0.15) is 5.75 Å². The van der Waals surface area contributed by atoms with Gasteiger partial charge >= 0.3 is 0 Å². The fraction of sp³-hybridized carbons (Fsp3) is 0.400. The fourth-order valence-electron chi connectivity index (χ4n) is 2.81. The zero-order chi connectivity index (χ0) is 17.7. The molecule has 1 aromatic heterocycles. The molecule has 4 nitrogen and oxygen atoms in total. The van der Waals surface area contributed by atoms with Gasteiger partial charge in [0.2, 0.25) is 5.91 Å². The number of aromatic hydroxyl groups is 1. The van der Waals surface area contributed by atoms with Crippen molar-refractivity contribution in [3.05, 3.63) is 53.3 Å². The molecule has 4 heteroatoms. The predicted molar refractivity (Wildman–Crippen MR) is 97.4 cm³/mol. The zero-order valence-electron chi connectivity index (χ0n) is 14.8. The molecule has 0 saturated carbocycles. The number of amides is 1. The highest BCUT2D eigenvalue weighted by Gasteiger charge is 2.22. The summed E-state index contributed by atoms with van der Waals surface area (Å²) in [4.78, 5) is 17.1. The van der Waals surface area contributed by atoms with Crippen LogP contribution in [0.4, 0.5) is 5.69 Å². The molecule has 0 aliphatic rings. The van der Waals surface area contributed by atoms with E-state index in [0.29, 0.717) is 0 Å². The lowest BCUT2D eigenvalue weighted by atomic mass is 9.96. The molecule has 2 rings (SSSR count). The minimum Gasteiger partial charge on any atom is -0.508 e. The first kappa shape index (κ1) is 18.0. The van der Waals surface area contributed by atoms with Gasteiger partial charge in [0.25, 0.3) is 0 Å². The quantitative estimate of drug-likeness (QED) is 0.754. The summed E-state index contributed by atoms with van der Waals surface area (Å²) < 4.78 is 0. The van der Waals surface area contributed by atoms with Gasteiger partial charge < -0.3 is 10.4 Å². The molecule has 0 bridgehead atoms. The maximum Gasteiger partial charge on any atom is 0.233 e. The highest BCUT2D eigenvalue weighted by molar-refractivity contribution is 5.96. The largest absolute Gasteiger partial charge is 0.508 e. The second-order valence-electron chi connectivity index (χ2n) is 6.47. The Balaban J connectivity index is 2.28. The third kappa shape index (κ3) is 4.13. The number of phenols is 1. The Labute approximate surface area is 143 Å². The van der Waals surface area contributed by atoms with E-state index in [1.807, 2.05) is 45.0 Å². The number of nitrogens with zero attached hydrogens (tertiary/aromatic N) is 1. The minimum atomic E-state index is -0.271. The molecule has 2 N–H and O–H groups in total. The van der Waals surface area contributed by atoms with Gasteiger partial charge in [0.05, 0.1) is 11.6 Å². The minimum absolute atomic E-state index is 0.0564. The number of carbonyl (C=O) groups is 1. The number of rotatable bonds is 6. The first-order valence-corrected chi connectivity index (χ1v) is 8.49. The number of carbonyl (C=O) groups excluding carboxylic acids is 1. The molecule has 0 unspecified atom stereocenters. The van der Waals surface area contributed by atoms with Gasteiger partial charge in [-0.2, -0.15) is 0 Å².